The highest BCUT2D eigenvalue weighted by Crippen LogP contribution is 2.16. The number of nitrogen functional groups attached to an aromatic ring is 1. The fourth-order valence-corrected chi connectivity index (χ4v) is 1.02. The van der Waals surface area contributed by atoms with Crippen LogP contribution in [0.15, 0.2) is 24.3 Å². The van der Waals surface area contributed by atoms with Gasteiger partial charge in [0.2, 0.25) is 5.95 Å². The normalized spacial score (nSPS) is 10.6. The van der Waals surface area contributed by atoms with E-state index in [1.54, 1.807) is 24.3 Å². The van der Waals surface area contributed by atoms with Gasteiger partial charge < -0.3 is 5.73 Å². The summed E-state index contributed by atoms with van der Waals surface area (Å²) in [6.07, 6.45) is 0. The van der Waals surface area contributed by atoms with E-state index in [0.29, 0.717) is 15.8 Å². The zero-order chi connectivity index (χ0) is 7.84. The Morgan fingerprint density at radius 1 is 1.36 bits per heavy atom. The van der Waals surface area contributed by atoms with Gasteiger partial charge in [-0.15, -0.1) is 4.79 Å². The highest BCUT2D eigenvalue weighted by Gasteiger charge is 2.04. The molecule has 0 spiro atoms. The van der Waals surface area contributed by atoms with Crippen molar-refractivity contribution in [1.29, 1.82) is 0 Å². The molecule has 0 amide bonds. The molecule has 0 saturated heterocycles. The molecule has 3 nitrogen and oxygen atoms in total. The van der Waals surface area contributed by atoms with Crippen LogP contribution in [0, 0.1) is 0 Å². The second-order valence-electron chi connectivity index (χ2n) is 2.24. The van der Waals surface area contributed by atoms with E-state index in [-0.39, 0.29) is 5.95 Å². The maximum absolute atomic E-state index is 12.9. The maximum atomic E-state index is 12.9. The summed E-state index contributed by atoms with van der Waals surface area (Å²) in [7, 11) is 0. The maximum Gasteiger partial charge on any atom is 0.230 e. The first-order chi connectivity index (χ1) is 5.29. The fourth-order valence-electron chi connectivity index (χ4n) is 1.02. The average molecular weight is 151 g/mol. The Kier molecular flexibility index (Phi) is 1.09. The van der Waals surface area contributed by atoms with Gasteiger partial charge in [-0.05, 0) is 12.1 Å². The van der Waals surface area contributed by atoms with Crippen molar-refractivity contribution >= 4 is 17.0 Å². The number of imidazole rings is 1. The molecule has 0 aliphatic heterocycles. The predicted molar refractivity (Wildman–Crippen MR) is 40.7 cm³/mol. The quantitative estimate of drug-likeness (QED) is 0.617. The third-order valence-electron chi connectivity index (χ3n) is 1.53. The highest BCUT2D eigenvalue weighted by atomic mass is 19.2. The number of nitrogens with zero attached hydrogens (tertiary/aromatic N) is 2. The van der Waals surface area contributed by atoms with Gasteiger partial charge in [-0.2, -0.15) is 0 Å². The second kappa shape index (κ2) is 1.95. The summed E-state index contributed by atoms with van der Waals surface area (Å²) in [5, 5.41) is 0. The molecule has 0 fully saturated rings. The number of halogens is 1. The second-order valence-corrected chi connectivity index (χ2v) is 2.24. The molecule has 0 aliphatic rings. The molecule has 0 atom stereocenters. The monoisotopic (exact) mass is 151 g/mol. The van der Waals surface area contributed by atoms with Crippen LogP contribution < -0.4 is 5.73 Å². The molecule has 1 aromatic carbocycles. The van der Waals surface area contributed by atoms with Gasteiger partial charge in [-0.1, -0.05) is 16.6 Å². The number of hydrogen-bond acceptors (Lipinski definition) is 2. The van der Waals surface area contributed by atoms with Crippen molar-refractivity contribution in [3.05, 3.63) is 24.3 Å². The first-order valence-electron chi connectivity index (χ1n) is 3.18. The van der Waals surface area contributed by atoms with Crippen molar-refractivity contribution in [2.24, 2.45) is 0 Å². The highest BCUT2D eigenvalue weighted by molar-refractivity contribution is 5.77. The predicted octanol–water partition coefficient (Wildman–Crippen LogP) is 1.35. The van der Waals surface area contributed by atoms with E-state index in [1.165, 1.54) is 0 Å². The smallest absolute Gasteiger partial charge is 0.230 e. The SMILES string of the molecule is Nc1nc2ccccc2n1F. The third-order valence-corrected chi connectivity index (χ3v) is 1.53. The van der Waals surface area contributed by atoms with Gasteiger partial charge in [0.1, 0.15) is 5.52 Å². The zero-order valence-electron chi connectivity index (χ0n) is 5.66. The van der Waals surface area contributed by atoms with Crippen molar-refractivity contribution in [3.63, 3.8) is 0 Å². The minimum absolute atomic E-state index is 0.105. The summed E-state index contributed by atoms with van der Waals surface area (Å²) in [5.74, 6) is -0.105. The van der Waals surface area contributed by atoms with E-state index in [2.05, 4.69) is 4.98 Å². The minimum atomic E-state index is -0.105. The van der Waals surface area contributed by atoms with Crippen LogP contribution in [0.2, 0.25) is 0 Å². The number of nitrogens with two attached hydrogens (primary N) is 1. The summed E-state index contributed by atoms with van der Waals surface area (Å²) < 4.78 is 12.9. The number of hydrogen-bond donors (Lipinski definition) is 1. The molecular weight excluding hydrogens is 145 g/mol. The van der Waals surface area contributed by atoms with Crippen molar-refractivity contribution in [2.45, 2.75) is 0 Å². The molecule has 56 valence electrons. The van der Waals surface area contributed by atoms with Gasteiger partial charge in [0, 0.05) is 0 Å². The number of fused-ring (bicyclic) bond motifs is 1. The van der Waals surface area contributed by atoms with Gasteiger partial charge in [0.05, 0.1) is 5.52 Å². The van der Waals surface area contributed by atoms with Crippen molar-refractivity contribution in [2.75, 3.05) is 5.73 Å². The largest absolute Gasteiger partial charge is 0.367 e. The average Bonchev–Trinajstić information content (AvgIpc) is 2.30. The number of rotatable bonds is 0. The molecule has 2 rings (SSSR count). The van der Waals surface area contributed by atoms with Gasteiger partial charge in [-0.25, -0.2) is 4.98 Å². The topological polar surface area (TPSA) is 43.8 Å². The molecule has 0 bridgehead atoms. The molecule has 2 N–H and O–H groups in total. The Balaban J connectivity index is 2.92. The van der Waals surface area contributed by atoms with Crippen molar-refractivity contribution in [1.82, 2.24) is 9.77 Å². The van der Waals surface area contributed by atoms with E-state index in [4.69, 9.17) is 5.73 Å². The summed E-state index contributed by atoms with van der Waals surface area (Å²) in [4.78, 5) is 4.15. The summed E-state index contributed by atoms with van der Waals surface area (Å²) in [6.45, 7) is 0. The van der Waals surface area contributed by atoms with Crippen LogP contribution in [0.25, 0.3) is 11.0 Å². The number of aromatic nitrogens is 2. The van der Waals surface area contributed by atoms with Crippen molar-refractivity contribution < 1.29 is 4.48 Å². The van der Waals surface area contributed by atoms with Gasteiger partial charge in [0.15, 0.2) is 0 Å². The molecule has 0 unspecified atom stereocenters. The van der Waals surface area contributed by atoms with E-state index in [9.17, 15) is 4.48 Å². The number of para-hydroxylation sites is 2. The Morgan fingerprint density at radius 3 is 2.82 bits per heavy atom. The van der Waals surface area contributed by atoms with Crippen LogP contribution in [-0.4, -0.2) is 9.77 Å². The Bertz CT molecular complexity index is 393. The fraction of sp³-hybridized carbons (Fsp3) is 0. The van der Waals surface area contributed by atoms with Gasteiger partial charge >= 0.3 is 0 Å². The lowest BCUT2D eigenvalue weighted by atomic mass is 10.3. The molecule has 0 aliphatic carbocycles. The molecule has 0 saturated carbocycles. The molecule has 0 radical (unpaired) electrons. The molecule has 1 aromatic heterocycles. The van der Waals surface area contributed by atoms with Crippen LogP contribution in [0.5, 0.6) is 0 Å². The molecular formula is C7H6FN3. The van der Waals surface area contributed by atoms with Gasteiger partial charge in [-0.3, -0.25) is 0 Å². The Morgan fingerprint density at radius 2 is 2.09 bits per heavy atom. The summed E-state index contributed by atoms with van der Waals surface area (Å²) >= 11 is 0. The van der Waals surface area contributed by atoms with Crippen LogP contribution in [0.1, 0.15) is 0 Å². The zero-order valence-corrected chi connectivity index (χ0v) is 5.66. The van der Waals surface area contributed by atoms with Crippen LogP contribution >= 0.6 is 0 Å². The molecule has 1 heterocycles. The van der Waals surface area contributed by atoms with Crippen LogP contribution in [-0.2, 0) is 0 Å². The summed E-state index contributed by atoms with van der Waals surface area (Å²) in [5.41, 5.74) is 6.21. The minimum Gasteiger partial charge on any atom is -0.367 e. The molecule has 4 heteroatoms. The van der Waals surface area contributed by atoms with Crippen LogP contribution in [0.4, 0.5) is 10.4 Å². The van der Waals surface area contributed by atoms with Crippen molar-refractivity contribution in [3.8, 4) is 0 Å². The Labute approximate surface area is 62.2 Å². The van der Waals surface area contributed by atoms with Gasteiger partial charge in [0.25, 0.3) is 0 Å². The Hall–Kier alpha value is -1.58. The number of anilines is 1. The standard InChI is InChI=1S/C7H6FN3/c8-11-6-4-2-1-3-5(6)10-7(11)9/h1-4H,(H2,9,10). The number of benzene rings is 1. The van der Waals surface area contributed by atoms with E-state index < -0.39 is 0 Å². The lowest BCUT2D eigenvalue weighted by molar-refractivity contribution is 0.393. The van der Waals surface area contributed by atoms with Crippen LogP contribution in [0.3, 0.4) is 0 Å². The summed E-state index contributed by atoms with van der Waals surface area (Å²) in [6, 6.07) is 6.86. The molecule has 2 aromatic rings. The lowest BCUT2D eigenvalue weighted by Gasteiger charge is -1.87. The molecule has 11 heavy (non-hydrogen) atoms. The first-order valence-corrected chi connectivity index (χ1v) is 3.18. The van der Waals surface area contributed by atoms with E-state index in [1.807, 2.05) is 0 Å². The van der Waals surface area contributed by atoms with E-state index >= 15 is 0 Å². The third kappa shape index (κ3) is 0.756. The first kappa shape index (κ1) is 6.15. The lowest BCUT2D eigenvalue weighted by Crippen LogP contribution is -1.92. The van der Waals surface area contributed by atoms with E-state index in [0.717, 1.165) is 0 Å².